The van der Waals surface area contributed by atoms with Gasteiger partial charge in [-0.05, 0) is 69.6 Å². The van der Waals surface area contributed by atoms with Crippen molar-refractivity contribution >= 4 is 5.91 Å². The summed E-state index contributed by atoms with van der Waals surface area (Å²) in [7, 11) is 0. The van der Waals surface area contributed by atoms with Crippen LogP contribution in [0.3, 0.4) is 0 Å². The molecule has 5 fully saturated rings. The molecule has 5 aliphatic rings. The minimum Gasteiger partial charge on any atom is -0.337 e. The van der Waals surface area contributed by atoms with E-state index < -0.39 is 0 Å². The van der Waals surface area contributed by atoms with Gasteiger partial charge in [-0.1, -0.05) is 0 Å². The summed E-state index contributed by atoms with van der Waals surface area (Å²) >= 11 is 0. The number of rotatable bonds is 1. The Morgan fingerprint density at radius 2 is 1.68 bits per heavy atom. The number of amides is 1. The molecule has 4 saturated carbocycles. The molecule has 0 radical (unpaired) electrons. The molecule has 0 aromatic carbocycles. The van der Waals surface area contributed by atoms with Crippen LogP contribution < -0.4 is 5.32 Å². The summed E-state index contributed by atoms with van der Waals surface area (Å²) in [6, 6.07) is 0.351. The molecule has 5 rings (SSSR count). The van der Waals surface area contributed by atoms with E-state index >= 15 is 0 Å². The predicted molar refractivity (Wildman–Crippen MR) is 74.6 cm³/mol. The van der Waals surface area contributed by atoms with Gasteiger partial charge in [0.25, 0.3) is 0 Å². The minimum absolute atomic E-state index is 0.269. The molecule has 106 valence electrons. The van der Waals surface area contributed by atoms with E-state index in [1.807, 2.05) is 0 Å². The molecule has 19 heavy (non-hydrogen) atoms. The molecule has 1 heterocycles. The number of nitrogens with zero attached hydrogens (tertiary/aromatic N) is 1. The zero-order chi connectivity index (χ0) is 13.2. The second kappa shape index (κ2) is 3.97. The summed E-state index contributed by atoms with van der Waals surface area (Å²) in [5.41, 5.74) is 0.269. The number of hydrogen-bond donors (Lipinski definition) is 1. The van der Waals surface area contributed by atoms with Crippen LogP contribution in [-0.4, -0.2) is 35.5 Å². The highest BCUT2D eigenvalue weighted by atomic mass is 16.2. The van der Waals surface area contributed by atoms with Crippen LogP contribution in [0.4, 0.5) is 0 Å². The minimum atomic E-state index is 0.269. The highest BCUT2D eigenvalue weighted by Crippen LogP contribution is 2.58. The quantitative estimate of drug-likeness (QED) is 0.784. The zero-order valence-corrected chi connectivity index (χ0v) is 12.2. The van der Waals surface area contributed by atoms with Crippen LogP contribution in [0, 0.1) is 23.7 Å². The summed E-state index contributed by atoms with van der Waals surface area (Å²) in [5.74, 6) is 3.96. The number of carbonyl (C=O) groups is 1. The van der Waals surface area contributed by atoms with Crippen LogP contribution in [0.25, 0.3) is 0 Å². The molecule has 0 aromatic rings. The molecule has 4 bridgehead atoms. The Labute approximate surface area is 116 Å². The fourth-order valence-electron chi connectivity index (χ4n) is 5.81. The first-order chi connectivity index (χ1) is 9.08. The highest BCUT2D eigenvalue weighted by Gasteiger charge is 2.59. The Balaban J connectivity index is 1.65. The van der Waals surface area contributed by atoms with Crippen molar-refractivity contribution in [2.75, 3.05) is 13.1 Å². The van der Waals surface area contributed by atoms with E-state index in [1.54, 1.807) is 0 Å². The van der Waals surface area contributed by atoms with Gasteiger partial charge in [0.2, 0.25) is 5.91 Å². The van der Waals surface area contributed by atoms with Gasteiger partial charge in [-0.15, -0.1) is 0 Å². The Kier molecular flexibility index (Phi) is 2.55. The van der Waals surface area contributed by atoms with Crippen LogP contribution in [0.1, 0.15) is 46.0 Å². The third kappa shape index (κ3) is 1.63. The van der Waals surface area contributed by atoms with Gasteiger partial charge < -0.3 is 10.2 Å². The van der Waals surface area contributed by atoms with Crippen molar-refractivity contribution in [1.82, 2.24) is 10.2 Å². The lowest BCUT2D eigenvalue weighted by Crippen LogP contribution is -2.74. The van der Waals surface area contributed by atoms with E-state index in [2.05, 4.69) is 24.1 Å². The molecule has 0 aromatic heterocycles. The summed E-state index contributed by atoms with van der Waals surface area (Å²) in [4.78, 5) is 14.3. The molecule has 1 saturated heterocycles. The molecule has 0 atom stereocenters. The lowest BCUT2D eigenvalue weighted by molar-refractivity contribution is -0.149. The van der Waals surface area contributed by atoms with E-state index in [-0.39, 0.29) is 5.54 Å². The molecule has 1 amide bonds. The second-order valence-electron chi connectivity index (χ2n) is 7.81. The van der Waals surface area contributed by atoms with Crippen molar-refractivity contribution < 1.29 is 4.79 Å². The van der Waals surface area contributed by atoms with Crippen molar-refractivity contribution in [3.05, 3.63) is 0 Å². The first-order valence-electron chi connectivity index (χ1n) is 8.13. The van der Waals surface area contributed by atoms with Gasteiger partial charge in [0.15, 0.2) is 0 Å². The Morgan fingerprint density at radius 3 is 2.21 bits per heavy atom. The molecule has 3 nitrogen and oxygen atoms in total. The van der Waals surface area contributed by atoms with Crippen LogP contribution in [0.15, 0.2) is 0 Å². The molecule has 1 spiro atoms. The molecule has 3 heteroatoms. The normalized spacial score (nSPS) is 48.6. The number of nitrogens with one attached hydrogen (secondary N) is 1. The topological polar surface area (TPSA) is 32.3 Å². The second-order valence-corrected chi connectivity index (χ2v) is 7.81. The van der Waals surface area contributed by atoms with Gasteiger partial charge in [-0.3, -0.25) is 4.79 Å². The van der Waals surface area contributed by atoms with Gasteiger partial charge in [0, 0.05) is 18.1 Å². The summed E-state index contributed by atoms with van der Waals surface area (Å²) < 4.78 is 0. The van der Waals surface area contributed by atoms with Crippen LogP contribution in [0.5, 0.6) is 0 Å². The third-order valence-corrected chi connectivity index (χ3v) is 6.54. The Hall–Kier alpha value is -0.570. The maximum Gasteiger partial charge on any atom is 0.236 e. The smallest absolute Gasteiger partial charge is 0.236 e. The van der Waals surface area contributed by atoms with E-state index in [4.69, 9.17) is 0 Å². The van der Waals surface area contributed by atoms with E-state index in [0.717, 1.165) is 30.2 Å². The molecule has 1 N–H and O–H groups in total. The van der Waals surface area contributed by atoms with Crippen LogP contribution >= 0.6 is 0 Å². The lowest BCUT2D eigenvalue weighted by atomic mass is 9.48. The Bertz CT molecular complexity index is 376. The maximum atomic E-state index is 12.1. The average molecular weight is 262 g/mol. The zero-order valence-electron chi connectivity index (χ0n) is 12.2. The van der Waals surface area contributed by atoms with Gasteiger partial charge in [0.05, 0.1) is 6.54 Å². The predicted octanol–water partition coefficient (Wildman–Crippen LogP) is 2.02. The number of piperazine rings is 1. The monoisotopic (exact) mass is 262 g/mol. The first-order valence-corrected chi connectivity index (χ1v) is 8.13. The standard InChI is InChI=1S/C16H26N2O/c1-10(2)18-9-16(17-8-15(18)19)13-4-11-3-12(6-13)7-14(16)5-11/h10-14,17H,3-9H2,1-2H3. The summed E-state index contributed by atoms with van der Waals surface area (Å²) in [6.07, 6.45) is 7.16. The van der Waals surface area contributed by atoms with E-state index in [9.17, 15) is 4.79 Å². The largest absolute Gasteiger partial charge is 0.337 e. The number of hydrogen-bond acceptors (Lipinski definition) is 2. The van der Waals surface area contributed by atoms with E-state index in [0.29, 0.717) is 18.5 Å². The Morgan fingerprint density at radius 1 is 1.11 bits per heavy atom. The molecular weight excluding hydrogens is 236 g/mol. The van der Waals surface area contributed by atoms with Crippen LogP contribution in [0.2, 0.25) is 0 Å². The maximum absolute atomic E-state index is 12.1. The van der Waals surface area contributed by atoms with Gasteiger partial charge >= 0.3 is 0 Å². The van der Waals surface area contributed by atoms with Crippen LogP contribution in [-0.2, 0) is 4.79 Å². The first kappa shape index (κ1) is 12.2. The van der Waals surface area contributed by atoms with Crippen molar-refractivity contribution in [2.45, 2.75) is 57.5 Å². The van der Waals surface area contributed by atoms with Crippen molar-refractivity contribution in [1.29, 1.82) is 0 Å². The van der Waals surface area contributed by atoms with E-state index in [1.165, 1.54) is 32.1 Å². The van der Waals surface area contributed by atoms with Crippen molar-refractivity contribution in [2.24, 2.45) is 23.7 Å². The van der Waals surface area contributed by atoms with Crippen molar-refractivity contribution in [3.63, 3.8) is 0 Å². The molecule has 4 aliphatic carbocycles. The highest BCUT2D eigenvalue weighted by molar-refractivity contribution is 5.79. The van der Waals surface area contributed by atoms with Crippen molar-refractivity contribution in [3.8, 4) is 0 Å². The van der Waals surface area contributed by atoms with Gasteiger partial charge in [-0.2, -0.15) is 0 Å². The number of carbonyl (C=O) groups excluding carboxylic acids is 1. The van der Waals surface area contributed by atoms with Gasteiger partial charge in [0.1, 0.15) is 0 Å². The summed E-state index contributed by atoms with van der Waals surface area (Å²) in [5, 5.41) is 3.72. The SMILES string of the molecule is CC(C)N1CC2(NCC1=O)C1CC3CC(C1)CC2C3. The lowest BCUT2D eigenvalue weighted by Gasteiger charge is -2.64. The van der Waals surface area contributed by atoms with Gasteiger partial charge in [-0.25, -0.2) is 0 Å². The fourth-order valence-corrected chi connectivity index (χ4v) is 5.81. The molecular formula is C16H26N2O. The summed E-state index contributed by atoms with van der Waals surface area (Å²) in [6.45, 7) is 5.86. The fraction of sp³-hybridized carbons (Fsp3) is 0.938. The third-order valence-electron chi connectivity index (χ3n) is 6.54. The molecule has 1 aliphatic heterocycles. The average Bonchev–Trinajstić information content (AvgIpc) is 2.36. The molecule has 0 unspecified atom stereocenters.